The highest BCUT2D eigenvalue weighted by atomic mass is 32.2. The van der Waals surface area contributed by atoms with Crippen molar-refractivity contribution in [2.45, 2.75) is 32.7 Å². The van der Waals surface area contributed by atoms with Gasteiger partial charge < -0.3 is 9.80 Å². The van der Waals surface area contributed by atoms with E-state index >= 15 is 0 Å². The van der Waals surface area contributed by atoms with Crippen LogP contribution in [0.25, 0.3) is 0 Å². The van der Waals surface area contributed by atoms with Gasteiger partial charge in [0, 0.05) is 65.5 Å². The van der Waals surface area contributed by atoms with Crippen LogP contribution in [-0.4, -0.2) is 80.6 Å². The summed E-state index contributed by atoms with van der Waals surface area (Å²) in [5.74, 6) is 0.199. The van der Waals surface area contributed by atoms with Crippen LogP contribution >= 0.6 is 0 Å². The lowest BCUT2D eigenvalue weighted by molar-refractivity contribution is -0.129. The van der Waals surface area contributed by atoms with E-state index in [-0.39, 0.29) is 11.8 Å². The Morgan fingerprint density at radius 3 is 2.41 bits per heavy atom. The molecule has 1 saturated heterocycles. The first-order chi connectivity index (χ1) is 16.3. The first-order valence-corrected chi connectivity index (χ1v) is 13.8. The molecule has 0 aromatic heterocycles. The summed E-state index contributed by atoms with van der Waals surface area (Å²) in [6.07, 6.45) is 2.54. The van der Waals surface area contributed by atoms with Gasteiger partial charge in [-0.15, -0.1) is 0 Å². The first-order valence-electron chi connectivity index (χ1n) is 12.1. The van der Waals surface area contributed by atoms with Gasteiger partial charge in [-0.25, -0.2) is 12.7 Å². The van der Waals surface area contributed by atoms with Gasteiger partial charge in [0.25, 0.3) is 0 Å². The van der Waals surface area contributed by atoms with Gasteiger partial charge in [-0.2, -0.15) is 0 Å². The number of hydrogen-bond donors (Lipinski definition) is 0. The highest BCUT2D eigenvalue weighted by molar-refractivity contribution is 7.89. The maximum Gasteiger partial charge on any atom is 0.227 e. The van der Waals surface area contributed by atoms with Crippen LogP contribution in [0.2, 0.25) is 0 Å². The summed E-state index contributed by atoms with van der Waals surface area (Å²) < 4.78 is 27.4. The summed E-state index contributed by atoms with van der Waals surface area (Å²) in [4.78, 5) is 17.8. The fraction of sp³-hybridized carbons (Fsp3) is 0.500. The number of rotatable bonds is 8. The van der Waals surface area contributed by atoms with Crippen LogP contribution < -0.4 is 4.90 Å². The van der Waals surface area contributed by atoms with Crippen LogP contribution in [0.3, 0.4) is 0 Å². The smallest absolute Gasteiger partial charge is 0.227 e. The zero-order valence-electron chi connectivity index (χ0n) is 20.3. The standard InChI is InChI=1S/C26H36N4O3S/c1-22(31)29-15-17-30(18-16-29)26-11-10-25-20-28(14-12-24(25)19-26)21-34(32,33)27(2)13-6-9-23-7-4-3-5-8-23/h3-5,7-8,10-11,19H,6,9,12-18,20-21H2,1-2H3. The normalized spacial score (nSPS) is 17.1. The Bertz CT molecular complexity index is 1080. The number of carbonyl (C=O) groups is 1. The molecule has 184 valence electrons. The Kier molecular flexibility index (Phi) is 7.91. The maximum absolute atomic E-state index is 12.9. The average molecular weight is 485 g/mol. The number of benzene rings is 2. The highest BCUT2D eigenvalue weighted by Crippen LogP contribution is 2.26. The summed E-state index contributed by atoms with van der Waals surface area (Å²) >= 11 is 0. The van der Waals surface area contributed by atoms with Gasteiger partial charge in [-0.3, -0.25) is 9.69 Å². The molecule has 7 nitrogen and oxygen atoms in total. The van der Waals surface area contributed by atoms with Crippen LogP contribution in [0.4, 0.5) is 5.69 Å². The number of sulfonamides is 1. The number of nitrogens with zero attached hydrogens (tertiary/aromatic N) is 4. The molecule has 8 heteroatoms. The Hall–Kier alpha value is -2.42. The SMILES string of the molecule is CC(=O)N1CCN(c2ccc3c(c2)CCN(CS(=O)(=O)N(C)CCCc2ccccc2)C3)CC1. The molecule has 0 saturated carbocycles. The van der Waals surface area contributed by atoms with Crippen molar-refractivity contribution >= 4 is 21.6 Å². The number of aryl methyl sites for hydroxylation is 1. The molecule has 0 bridgehead atoms. The Morgan fingerprint density at radius 1 is 0.971 bits per heavy atom. The number of piperazine rings is 1. The molecule has 0 spiro atoms. The zero-order chi connectivity index (χ0) is 24.1. The molecule has 0 unspecified atom stereocenters. The van der Waals surface area contributed by atoms with E-state index in [9.17, 15) is 13.2 Å². The molecule has 1 amide bonds. The number of anilines is 1. The molecule has 2 heterocycles. The van der Waals surface area contributed by atoms with Gasteiger partial charge in [0.05, 0.1) is 0 Å². The van der Waals surface area contributed by atoms with Gasteiger partial charge in [-0.1, -0.05) is 36.4 Å². The summed E-state index contributed by atoms with van der Waals surface area (Å²) in [6, 6.07) is 16.7. The van der Waals surface area contributed by atoms with E-state index in [0.29, 0.717) is 13.1 Å². The third kappa shape index (κ3) is 6.17. The van der Waals surface area contributed by atoms with Crippen molar-refractivity contribution in [3.05, 3.63) is 65.2 Å². The molecule has 0 N–H and O–H groups in total. The first kappa shape index (κ1) is 24.7. The maximum atomic E-state index is 12.9. The minimum atomic E-state index is -3.34. The van der Waals surface area contributed by atoms with Crippen molar-refractivity contribution < 1.29 is 13.2 Å². The summed E-state index contributed by atoms with van der Waals surface area (Å²) in [5.41, 5.74) is 4.94. The number of hydrogen-bond acceptors (Lipinski definition) is 5. The second-order valence-electron chi connectivity index (χ2n) is 9.40. The second-order valence-corrected chi connectivity index (χ2v) is 11.4. The molecule has 0 aliphatic carbocycles. The fourth-order valence-electron chi connectivity index (χ4n) is 4.80. The molecule has 2 aromatic carbocycles. The van der Waals surface area contributed by atoms with Crippen molar-refractivity contribution in [1.82, 2.24) is 14.1 Å². The summed E-state index contributed by atoms with van der Waals surface area (Å²) in [6.45, 7) is 6.77. The molecular formula is C26H36N4O3S. The van der Waals surface area contributed by atoms with Crippen LogP contribution in [-0.2, 0) is 34.2 Å². The van der Waals surface area contributed by atoms with E-state index in [0.717, 1.165) is 52.0 Å². The largest absolute Gasteiger partial charge is 0.368 e. The van der Waals surface area contributed by atoms with E-state index in [4.69, 9.17) is 0 Å². The summed E-state index contributed by atoms with van der Waals surface area (Å²) in [5, 5.41) is 0. The van der Waals surface area contributed by atoms with Crippen molar-refractivity contribution in [3.63, 3.8) is 0 Å². The molecular weight excluding hydrogens is 448 g/mol. The molecule has 34 heavy (non-hydrogen) atoms. The molecule has 1 fully saturated rings. The minimum absolute atomic E-state index is 0.0586. The molecule has 0 radical (unpaired) electrons. The predicted molar refractivity (Wildman–Crippen MR) is 136 cm³/mol. The number of fused-ring (bicyclic) bond motifs is 1. The predicted octanol–water partition coefficient (Wildman–Crippen LogP) is 2.57. The van der Waals surface area contributed by atoms with Crippen molar-refractivity contribution in [2.24, 2.45) is 0 Å². The van der Waals surface area contributed by atoms with Crippen LogP contribution in [0, 0.1) is 0 Å². The number of amides is 1. The molecule has 2 aliphatic heterocycles. The third-order valence-electron chi connectivity index (χ3n) is 6.97. The van der Waals surface area contributed by atoms with E-state index < -0.39 is 10.0 Å². The second kappa shape index (κ2) is 10.9. The van der Waals surface area contributed by atoms with E-state index in [2.05, 4.69) is 35.2 Å². The Labute approximate surface area is 204 Å². The quantitative estimate of drug-likeness (QED) is 0.576. The lowest BCUT2D eigenvalue weighted by Gasteiger charge is -2.36. The number of carbonyl (C=O) groups excluding carboxylic acids is 1. The van der Waals surface area contributed by atoms with Crippen molar-refractivity contribution in [2.75, 3.05) is 57.1 Å². The topological polar surface area (TPSA) is 64.2 Å². The van der Waals surface area contributed by atoms with Crippen LogP contribution in [0.15, 0.2) is 48.5 Å². The Balaban J connectivity index is 1.29. The van der Waals surface area contributed by atoms with Crippen LogP contribution in [0.1, 0.15) is 30.0 Å². The third-order valence-corrected chi connectivity index (χ3v) is 8.80. The van der Waals surface area contributed by atoms with Gasteiger partial charge in [0.1, 0.15) is 5.88 Å². The van der Waals surface area contributed by atoms with Gasteiger partial charge in [0.15, 0.2) is 0 Å². The molecule has 4 rings (SSSR count). The Morgan fingerprint density at radius 2 is 1.71 bits per heavy atom. The van der Waals surface area contributed by atoms with E-state index in [1.807, 2.05) is 28.0 Å². The fourth-order valence-corrected chi connectivity index (χ4v) is 6.09. The summed E-state index contributed by atoms with van der Waals surface area (Å²) in [7, 11) is -1.64. The lowest BCUT2D eigenvalue weighted by Crippen LogP contribution is -2.48. The monoisotopic (exact) mass is 484 g/mol. The van der Waals surface area contributed by atoms with Crippen LogP contribution in [0.5, 0.6) is 0 Å². The average Bonchev–Trinajstić information content (AvgIpc) is 2.84. The van der Waals surface area contributed by atoms with Gasteiger partial charge in [-0.05, 0) is 48.1 Å². The van der Waals surface area contributed by atoms with Gasteiger partial charge >= 0.3 is 0 Å². The molecule has 2 aromatic rings. The van der Waals surface area contributed by atoms with Crippen molar-refractivity contribution in [1.29, 1.82) is 0 Å². The molecule has 0 atom stereocenters. The van der Waals surface area contributed by atoms with Gasteiger partial charge in [0.2, 0.25) is 15.9 Å². The zero-order valence-corrected chi connectivity index (χ0v) is 21.1. The highest BCUT2D eigenvalue weighted by Gasteiger charge is 2.26. The minimum Gasteiger partial charge on any atom is -0.368 e. The van der Waals surface area contributed by atoms with E-state index in [1.54, 1.807) is 14.0 Å². The van der Waals surface area contributed by atoms with Crippen molar-refractivity contribution in [3.8, 4) is 0 Å². The molecule has 2 aliphatic rings. The lowest BCUT2D eigenvalue weighted by atomic mass is 9.99. The van der Waals surface area contributed by atoms with E-state index in [1.165, 1.54) is 26.7 Å².